The standard InChI is InChI=1S/C17H24N4O/c1-4-13(11-18-7-1)10-16-20-15-6-2-8-19-17(15)21(16)12-14-5-3-9-22-14/h2,6,8,13-14,18H,1,3-5,7,9-12H2. The monoisotopic (exact) mass is 300 g/mol. The molecule has 2 atom stereocenters. The Morgan fingerprint density at radius 1 is 1.32 bits per heavy atom. The van der Waals surface area contributed by atoms with Crippen LogP contribution in [0.25, 0.3) is 11.2 Å². The van der Waals surface area contributed by atoms with Crippen LogP contribution in [0.3, 0.4) is 0 Å². The van der Waals surface area contributed by atoms with Crippen molar-refractivity contribution in [1.29, 1.82) is 0 Å². The quantitative estimate of drug-likeness (QED) is 0.940. The van der Waals surface area contributed by atoms with Crippen LogP contribution in [0.1, 0.15) is 31.5 Å². The lowest BCUT2D eigenvalue weighted by atomic mass is 9.96. The second-order valence-electron chi connectivity index (χ2n) is 6.54. The van der Waals surface area contributed by atoms with Crippen LogP contribution in [0.4, 0.5) is 0 Å². The van der Waals surface area contributed by atoms with E-state index in [1.54, 1.807) is 0 Å². The molecule has 1 N–H and O–H groups in total. The summed E-state index contributed by atoms with van der Waals surface area (Å²) in [5.41, 5.74) is 2.02. The fourth-order valence-corrected chi connectivity index (χ4v) is 3.70. The Morgan fingerprint density at radius 2 is 2.32 bits per heavy atom. The number of piperidine rings is 1. The van der Waals surface area contributed by atoms with Crippen molar-refractivity contribution in [2.45, 2.75) is 44.8 Å². The number of pyridine rings is 1. The molecule has 2 saturated heterocycles. The lowest BCUT2D eigenvalue weighted by Crippen LogP contribution is -2.31. The maximum atomic E-state index is 5.83. The fourth-order valence-electron chi connectivity index (χ4n) is 3.70. The highest BCUT2D eigenvalue weighted by Crippen LogP contribution is 2.23. The van der Waals surface area contributed by atoms with E-state index in [0.717, 1.165) is 50.2 Å². The number of aromatic nitrogens is 3. The topological polar surface area (TPSA) is 52.0 Å². The summed E-state index contributed by atoms with van der Waals surface area (Å²) in [5, 5.41) is 3.50. The van der Waals surface area contributed by atoms with Crippen LogP contribution in [0, 0.1) is 5.92 Å². The molecule has 2 aromatic heterocycles. The molecule has 2 aromatic rings. The SMILES string of the molecule is c1cnc2c(c1)nc(CC1CCCNC1)n2CC1CCCO1. The van der Waals surface area contributed by atoms with Gasteiger partial charge in [0.1, 0.15) is 11.3 Å². The summed E-state index contributed by atoms with van der Waals surface area (Å²) in [6.45, 7) is 4.05. The van der Waals surface area contributed by atoms with Gasteiger partial charge in [-0.2, -0.15) is 0 Å². The van der Waals surface area contributed by atoms with Crippen molar-refractivity contribution in [2.24, 2.45) is 5.92 Å². The van der Waals surface area contributed by atoms with Gasteiger partial charge in [0, 0.05) is 19.2 Å². The number of nitrogens with one attached hydrogen (secondary N) is 1. The van der Waals surface area contributed by atoms with E-state index in [1.165, 1.54) is 25.1 Å². The van der Waals surface area contributed by atoms with E-state index in [9.17, 15) is 0 Å². The van der Waals surface area contributed by atoms with Crippen molar-refractivity contribution in [2.75, 3.05) is 19.7 Å². The highest BCUT2D eigenvalue weighted by molar-refractivity contribution is 5.71. The highest BCUT2D eigenvalue weighted by Gasteiger charge is 2.22. The molecule has 0 amide bonds. The molecule has 5 nitrogen and oxygen atoms in total. The maximum absolute atomic E-state index is 5.83. The molecule has 2 unspecified atom stereocenters. The van der Waals surface area contributed by atoms with E-state index >= 15 is 0 Å². The Morgan fingerprint density at radius 3 is 3.14 bits per heavy atom. The van der Waals surface area contributed by atoms with E-state index in [-0.39, 0.29) is 0 Å². The number of hydrogen-bond acceptors (Lipinski definition) is 4. The van der Waals surface area contributed by atoms with Crippen molar-refractivity contribution < 1.29 is 4.74 Å². The lowest BCUT2D eigenvalue weighted by Gasteiger charge is -2.23. The molecule has 4 heterocycles. The molecule has 22 heavy (non-hydrogen) atoms. The van der Waals surface area contributed by atoms with Crippen LogP contribution >= 0.6 is 0 Å². The lowest BCUT2D eigenvalue weighted by molar-refractivity contribution is 0.0968. The molecule has 0 bridgehead atoms. The number of fused-ring (bicyclic) bond motifs is 1. The summed E-state index contributed by atoms with van der Waals surface area (Å²) in [6.07, 6.45) is 8.11. The third-order valence-corrected chi connectivity index (χ3v) is 4.86. The van der Waals surface area contributed by atoms with E-state index in [0.29, 0.717) is 12.0 Å². The van der Waals surface area contributed by atoms with Gasteiger partial charge in [-0.1, -0.05) is 0 Å². The van der Waals surface area contributed by atoms with E-state index < -0.39 is 0 Å². The molecule has 4 rings (SSSR count). The zero-order chi connectivity index (χ0) is 14.8. The Bertz CT molecular complexity index is 627. The van der Waals surface area contributed by atoms with Gasteiger partial charge in [-0.3, -0.25) is 0 Å². The average Bonchev–Trinajstić information content (AvgIpc) is 3.18. The predicted octanol–water partition coefficient (Wildman–Crippen LogP) is 2.15. The Hall–Kier alpha value is -1.46. The summed E-state index contributed by atoms with van der Waals surface area (Å²) in [5.74, 6) is 1.87. The van der Waals surface area contributed by atoms with Crippen LogP contribution in [-0.2, 0) is 17.7 Å². The smallest absolute Gasteiger partial charge is 0.160 e. The first-order chi connectivity index (χ1) is 10.9. The summed E-state index contributed by atoms with van der Waals surface area (Å²) in [4.78, 5) is 9.43. The molecule has 0 spiro atoms. The first-order valence-corrected chi connectivity index (χ1v) is 8.52. The summed E-state index contributed by atoms with van der Waals surface area (Å²) in [7, 11) is 0. The molecule has 2 aliphatic rings. The van der Waals surface area contributed by atoms with Crippen molar-refractivity contribution in [3.63, 3.8) is 0 Å². The van der Waals surface area contributed by atoms with Gasteiger partial charge in [0.15, 0.2) is 5.65 Å². The molecule has 0 saturated carbocycles. The summed E-state index contributed by atoms with van der Waals surface area (Å²) >= 11 is 0. The van der Waals surface area contributed by atoms with Gasteiger partial charge in [0.25, 0.3) is 0 Å². The highest BCUT2D eigenvalue weighted by atomic mass is 16.5. The van der Waals surface area contributed by atoms with Gasteiger partial charge in [-0.25, -0.2) is 9.97 Å². The number of imidazole rings is 1. The van der Waals surface area contributed by atoms with E-state index in [2.05, 4.69) is 20.9 Å². The fraction of sp³-hybridized carbons (Fsp3) is 0.647. The Balaban J connectivity index is 1.62. The van der Waals surface area contributed by atoms with Gasteiger partial charge in [-0.05, 0) is 56.8 Å². The molecule has 2 fully saturated rings. The average molecular weight is 300 g/mol. The zero-order valence-electron chi connectivity index (χ0n) is 13.0. The van der Waals surface area contributed by atoms with Crippen LogP contribution in [0.2, 0.25) is 0 Å². The van der Waals surface area contributed by atoms with Gasteiger partial charge in [0.2, 0.25) is 0 Å². The molecule has 5 heteroatoms. The molecule has 0 aliphatic carbocycles. The minimum Gasteiger partial charge on any atom is -0.376 e. The Labute approximate surface area is 131 Å². The third-order valence-electron chi connectivity index (χ3n) is 4.86. The third kappa shape index (κ3) is 2.88. The van der Waals surface area contributed by atoms with Crippen molar-refractivity contribution >= 4 is 11.2 Å². The minimum atomic E-state index is 0.322. The van der Waals surface area contributed by atoms with Crippen molar-refractivity contribution in [1.82, 2.24) is 19.9 Å². The molecular weight excluding hydrogens is 276 g/mol. The van der Waals surface area contributed by atoms with Gasteiger partial charge >= 0.3 is 0 Å². The second kappa shape index (κ2) is 6.34. The zero-order valence-corrected chi connectivity index (χ0v) is 13.0. The predicted molar refractivity (Wildman–Crippen MR) is 85.8 cm³/mol. The van der Waals surface area contributed by atoms with Gasteiger partial charge in [-0.15, -0.1) is 0 Å². The molecular formula is C17H24N4O. The van der Waals surface area contributed by atoms with Crippen LogP contribution < -0.4 is 5.32 Å². The second-order valence-corrected chi connectivity index (χ2v) is 6.54. The Kier molecular flexibility index (Phi) is 4.08. The number of hydrogen-bond donors (Lipinski definition) is 1. The van der Waals surface area contributed by atoms with Crippen LogP contribution in [0.15, 0.2) is 18.3 Å². The molecule has 0 radical (unpaired) electrons. The van der Waals surface area contributed by atoms with Gasteiger partial charge < -0.3 is 14.6 Å². The molecule has 2 aliphatic heterocycles. The number of nitrogens with zero attached hydrogens (tertiary/aromatic N) is 3. The van der Waals surface area contributed by atoms with E-state index in [4.69, 9.17) is 9.72 Å². The largest absolute Gasteiger partial charge is 0.376 e. The normalized spacial score (nSPS) is 25.8. The minimum absolute atomic E-state index is 0.322. The summed E-state index contributed by atoms with van der Waals surface area (Å²) in [6, 6.07) is 4.04. The number of rotatable bonds is 4. The number of ether oxygens (including phenoxy) is 1. The molecule has 118 valence electrons. The van der Waals surface area contributed by atoms with Gasteiger partial charge in [0.05, 0.1) is 12.6 Å². The van der Waals surface area contributed by atoms with Crippen LogP contribution in [-0.4, -0.2) is 40.3 Å². The first kappa shape index (κ1) is 14.2. The van der Waals surface area contributed by atoms with Crippen LogP contribution in [0.5, 0.6) is 0 Å². The molecule has 0 aromatic carbocycles. The summed E-state index contributed by atoms with van der Waals surface area (Å²) < 4.78 is 8.14. The van der Waals surface area contributed by atoms with Crippen molar-refractivity contribution in [3.05, 3.63) is 24.2 Å². The van der Waals surface area contributed by atoms with E-state index in [1.807, 2.05) is 12.3 Å². The maximum Gasteiger partial charge on any atom is 0.160 e. The van der Waals surface area contributed by atoms with Crippen molar-refractivity contribution in [3.8, 4) is 0 Å². The first-order valence-electron chi connectivity index (χ1n) is 8.52.